The van der Waals surface area contributed by atoms with Crippen LogP contribution >= 0.6 is 12.4 Å². The summed E-state index contributed by atoms with van der Waals surface area (Å²) in [4.78, 5) is 14.1. The van der Waals surface area contributed by atoms with Crippen LogP contribution in [0.2, 0.25) is 0 Å². The van der Waals surface area contributed by atoms with Gasteiger partial charge in [0.05, 0.1) is 6.61 Å². The Morgan fingerprint density at radius 1 is 1.23 bits per heavy atom. The molecule has 0 saturated carbocycles. The Kier molecular flexibility index (Phi) is 6.03. The minimum Gasteiger partial charge on any atom is -0.494 e. The van der Waals surface area contributed by atoms with Crippen molar-refractivity contribution in [2.45, 2.75) is 37.8 Å². The standard InChI is InChI=1S/C16H21FN2O2.ClH/c17-12-2-6-15(7-3-12)21-9-1-8-19-11-14-5-4-13(18-14)10-16(19)20;/h2-3,6-7,13-14,18H,1,4-5,8-11H2;1H/t13-,14+;/m1./s1. The molecule has 2 saturated heterocycles. The van der Waals surface area contributed by atoms with Gasteiger partial charge in [0, 0.05) is 31.6 Å². The molecule has 1 aromatic carbocycles. The van der Waals surface area contributed by atoms with E-state index in [4.69, 9.17) is 4.74 Å². The van der Waals surface area contributed by atoms with Crippen molar-refractivity contribution in [3.63, 3.8) is 0 Å². The highest BCUT2D eigenvalue weighted by Gasteiger charge is 2.32. The lowest BCUT2D eigenvalue weighted by atomic mass is 10.1. The average molecular weight is 329 g/mol. The van der Waals surface area contributed by atoms with Crippen LogP contribution in [0.3, 0.4) is 0 Å². The van der Waals surface area contributed by atoms with Gasteiger partial charge in [0.15, 0.2) is 0 Å². The van der Waals surface area contributed by atoms with Crippen molar-refractivity contribution in [1.82, 2.24) is 10.2 Å². The minimum atomic E-state index is -0.264. The molecular formula is C16H22ClFN2O2. The monoisotopic (exact) mass is 328 g/mol. The van der Waals surface area contributed by atoms with E-state index in [2.05, 4.69) is 5.32 Å². The molecule has 1 aromatic rings. The van der Waals surface area contributed by atoms with Crippen LogP contribution in [0.4, 0.5) is 4.39 Å². The third-order valence-electron chi connectivity index (χ3n) is 4.20. The smallest absolute Gasteiger partial charge is 0.224 e. The lowest BCUT2D eigenvalue weighted by molar-refractivity contribution is -0.131. The van der Waals surface area contributed by atoms with Crippen molar-refractivity contribution in [1.29, 1.82) is 0 Å². The molecule has 3 rings (SSSR count). The maximum Gasteiger partial charge on any atom is 0.224 e. The number of halogens is 2. The second-order valence-electron chi connectivity index (χ2n) is 5.84. The number of hydrogen-bond acceptors (Lipinski definition) is 3. The molecule has 6 heteroatoms. The zero-order valence-electron chi connectivity index (χ0n) is 12.5. The molecule has 1 N–H and O–H groups in total. The van der Waals surface area contributed by atoms with Crippen LogP contribution in [0, 0.1) is 5.82 Å². The van der Waals surface area contributed by atoms with Gasteiger partial charge in [-0.05, 0) is 43.5 Å². The van der Waals surface area contributed by atoms with Crippen molar-refractivity contribution in [2.75, 3.05) is 19.7 Å². The van der Waals surface area contributed by atoms with Gasteiger partial charge in [0.25, 0.3) is 0 Å². The predicted octanol–water partition coefficient (Wildman–Crippen LogP) is 2.37. The Bertz CT molecular complexity index is 497. The molecule has 0 radical (unpaired) electrons. The summed E-state index contributed by atoms with van der Waals surface area (Å²) in [6, 6.07) is 6.85. The number of ether oxygens (including phenoxy) is 1. The van der Waals surface area contributed by atoms with E-state index in [0.717, 1.165) is 25.9 Å². The molecule has 1 amide bonds. The summed E-state index contributed by atoms with van der Waals surface area (Å²) < 4.78 is 18.3. The van der Waals surface area contributed by atoms with E-state index < -0.39 is 0 Å². The lowest BCUT2D eigenvalue weighted by Gasteiger charge is -2.24. The third-order valence-corrected chi connectivity index (χ3v) is 4.20. The maximum atomic E-state index is 12.8. The van der Waals surface area contributed by atoms with Gasteiger partial charge >= 0.3 is 0 Å². The first kappa shape index (κ1) is 17.0. The quantitative estimate of drug-likeness (QED) is 0.844. The lowest BCUT2D eigenvalue weighted by Crippen LogP contribution is -2.38. The molecule has 0 unspecified atom stereocenters. The zero-order chi connectivity index (χ0) is 14.7. The topological polar surface area (TPSA) is 41.6 Å². The highest BCUT2D eigenvalue weighted by molar-refractivity contribution is 5.85. The summed E-state index contributed by atoms with van der Waals surface area (Å²) in [6.45, 7) is 2.08. The summed E-state index contributed by atoms with van der Waals surface area (Å²) in [6.07, 6.45) is 3.70. The molecule has 2 bridgehead atoms. The van der Waals surface area contributed by atoms with E-state index in [1.807, 2.05) is 4.90 Å². The first-order valence-electron chi connectivity index (χ1n) is 7.63. The second-order valence-corrected chi connectivity index (χ2v) is 5.84. The minimum absolute atomic E-state index is 0. The molecule has 0 spiro atoms. The van der Waals surface area contributed by atoms with Crippen LogP contribution < -0.4 is 10.1 Å². The first-order chi connectivity index (χ1) is 10.2. The van der Waals surface area contributed by atoms with Gasteiger partial charge < -0.3 is 15.0 Å². The molecule has 2 heterocycles. The van der Waals surface area contributed by atoms with E-state index in [1.165, 1.54) is 18.6 Å². The van der Waals surface area contributed by atoms with Gasteiger partial charge in [-0.2, -0.15) is 0 Å². The maximum absolute atomic E-state index is 12.8. The highest BCUT2D eigenvalue weighted by Crippen LogP contribution is 2.21. The fourth-order valence-corrected chi connectivity index (χ4v) is 3.11. The Morgan fingerprint density at radius 3 is 2.73 bits per heavy atom. The number of likely N-dealkylation sites (tertiary alicyclic amines) is 1. The summed E-state index contributed by atoms with van der Waals surface area (Å²) >= 11 is 0. The number of nitrogens with zero attached hydrogens (tertiary/aromatic N) is 1. The van der Waals surface area contributed by atoms with Crippen LogP contribution in [-0.2, 0) is 4.79 Å². The second kappa shape index (κ2) is 7.79. The number of carbonyl (C=O) groups is 1. The normalized spacial score (nSPS) is 23.9. The van der Waals surface area contributed by atoms with Crippen LogP contribution in [0.1, 0.15) is 25.7 Å². The number of rotatable bonds is 5. The van der Waals surface area contributed by atoms with Gasteiger partial charge in [0.1, 0.15) is 11.6 Å². The largest absolute Gasteiger partial charge is 0.494 e. The van der Waals surface area contributed by atoms with Gasteiger partial charge in [-0.25, -0.2) is 4.39 Å². The predicted molar refractivity (Wildman–Crippen MR) is 84.9 cm³/mol. The number of amides is 1. The first-order valence-corrected chi connectivity index (χ1v) is 7.63. The number of benzene rings is 1. The van der Waals surface area contributed by atoms with Crippen molar-refractivity contribution < 1.29 is 13.9 Å². The Balaban J connectivity index is 0.00000176. The van der Waals surface area contributed by atoms with Gasteiger partial charge in [-0.1, -0.05) is 0 Å². The van der Waals surface area contributed by atoms with Gasteiger partial charge in [0.2, 0.25) is 5.91 Å². The van der Waals surface area contributed by atoms with Gasteiger partial charge in [-0.3, -0.25) is 4.79 Å². The molecule has 122 valence electrons. The summed E-state index contributed by atoms with van der Waals surface area (Å²) in [7, 11) is 0. The number of carbonyl (C=O) groups excluding carboxylic acids is 1. The van der Waals surface area contributed by atoms with E-state index in [9.17, 15) is 9.18 Å². The van der Waals surface area contributed by atoms with Crippen molar-refractivity contribution in [2.24, 2.45) is 0 Å². The van der Waals surface area contributed by atoms with Crippen LogP contribution in [0.15, 0.2) is 24.3 Å². The summed E-state index contributed by atoms with van der Waals surface area (Å²) in [5.74, 6) is 0.649. The Labute approximate surface area is 136 Å². The van der Waals surface area contributed by atoms with Crippen LogP contribution in [0.25, 0.3) is 0 Å². The molecular weight excluding hydrogens is 307 g/mol. The Morgan fingerprint density at radius 2 is 1.95 bits per heavy atom. The SMILES string of the molecule is Cl.O=C1C[C@H]2CC[C@@H](CN1CCCOc1ccc(F)cc1)N2. The fourth-order valence-electron chi connectivity index (χ4n) is 3.11. The Hall–Kier alpha value is -1.33. The van der Waals surface area contributed by atoms with Gasteiger partial charge in [-0.15, -0.1) is 12.4 Å². The van der Waals surface area contributed by atoms with Crippen molar-refractivity contribution in [3.05, 3.63) is 30.1 Å². The zero-order valence-corrected chi connectivity index (χ0v) is 13.3. The number of hydrogen-bond donors (Lipinski definition) is 1. The average Bonchev–Trinajstić information content (AvgIpc) is 2.84. The summed E-state index contributed by atoms with van der Waals surface area (Å²) in [5.41, 5.74) is 0. The number of fused-ring (bicyclic) bond motifs is 2. The molecule has 2 fully saturated rings. The van der Waals surface area contributed by atoms with Crippen LogP contribution in [0.5, 0.6) is 5.75 Å². The van der Waals surface area contributed by atoms with E-state index in [-0.39, 0.29) is 24.1 Å². The fraction of sp³-hybridized carbons (Fsp3) is 0.562. The molecule has 2 aliphatic rings. The third kappa shape index (κ3) is 4.34. The van der Waals surface area contributed by atoms with E-state index in [1.54, 1.807) is 12.1 Å². The highest BCUT2D eigenvalue weighted by atomic mass is 35.5. The molecule has 2 atom stereocenters. The van der Waals surface area contributed by atoms with Crippen molar-refractivity contribution >= 4 is 18.3 Å². The molecule has 2 aliphatic heterocycles. The van der Waals surface area contributed by atoms with E-state index in [0.29, 0.717) is 30.9 Å². The molecule has 0 aliphatic carbocycles. The molecule has 0 aromatic heterocycles. The van der Waals surface area contributed by atoms with Crippen molar-refractivity contribution in [3.8, 4) is 5.75 Å². The summed E-state index contributed by atoms with van der Waals surface area (Å²) in [5, 5.41) is 3.51. The molecule has 4 nitrogen and oxygen atoms in total. The van der Waals surface area contributed by atoms with Crippen LogP contribution in [-0.4, -0.2) is 42.6 Å². The molecule has 22 heavy (non-hydrogen) atoms. The van der Waals surface area contributed by atoms with E-state index >= 15 is 0 Å². The number of nitrogens with one attached hydrogen (secondary N) is 1.